The summed E-state index contributed by atoms with van der Waals surface area (Å²) in [5, 5.41) is 4.75. The van der Waals surface area contributed by atoms with Crippen molar-refractivity contribution < 1.29 is 0 Å². The number of unbranched alkanes of at least 4 members (excludes halogenated alkanes) is 1. The zero-order valence-electron chi connectivity index (χ0n) is 16.8. The van der Waals surface area contributed by atoms with Crippen LogP contribution in [-0.2, 0) is 19.4 Å². The van der Waals surface area contributed by atoms with Crippen molar-refractivity contribution in [1.29, 1.82) is 0 Å². The van der Waals surface area contributed by atoms with Gasteiger partial charge in [-0.05, 0) is 49.9 Å². The van der Waals surface area contributed by atoms with Gasteiger partial charge in [0, 0.05) is 44.6 Å². The van der Waals surface area contributed by atoms with Crippen LogP contribution in [0.5, 0.6) is 0 Å². The van der Waals surface area contributed by atoms with Crippen LogP contribution in [0.1, 0.15) is 43.0 Å². The minimum atomic E-state index is 0.168. The van der Waals surface area contributed by atoms with E-state index >= 15 is 0 Å². The highest BCUT2D eigenvalue weighted by Crippen LogP contribution is 2.34. The monoisotopic (exact) mass is 419 g/mol. The normalized spacial score (nSPS) is 17.1. The molecule has 3 heterocycles. The third kappa shape index (κ3) is 3.52. The number of nitrogens with zero attached hydrogens (tertiary/aromatic N) is 4. The molecule has 8 heteroatoms. The van der Waals surface area contributed by atoms with Crippen molar-refractivity contribution in [3.63, 3.8) is 0 Å². The molecule has 0 amide bonds. The number of thiocarbonyl (C=S) groups is 1. The Hall–Kier alpha value is -1.67. The number of anilines is 1. The van der Waals surface area contributed by atoms with Gasteiger partial charge < -0.3 is 15.1 Å². The van der Waals surface area contributed by atoms with E-state index in [1.54, 1.807) is 11.3 Å². The first-order valence-corrected chi connectivity index (χ1v) is 11.6. The molecule has 2 aromatic heterocycles. The summed E-state index contributed by atoms with van der Waals surface area (Å²) in [7, 11) is 1.87. The van der Waals surface area contributed by atoms with Crippen LogP contribution in [0, 0.1) is 0 Å². The van der Waals surface area contributed by atoms with Gasteiger partial charge in [-0.1, -0.05) is 13.3 Å². The molecule has 28 heavy (non-hydrogen) atoms. The van der Waals surface area contributed by atoms with Crippen LogP contribution in [0.2, 0.25) is 0 Å². The summed E-state index contributed by atoms with van der Waals surface area (Å²) in [5.41, 5.74) is 1.45. The van der Waals surface area contributed by atoms with E-state index < -0.39 is 0 Å². The molecule has 0 bridgehead atoms. The van der Waals surface area contributed by atoms with Crippen molar-refractivity contribution in [3.8, 4) is 0 Å². The van der Waals surface area contributed by atoms with E-state index in [0.29, 0.717) is 0 Å². The zero-order chi connectivity index (χ0) is 19.7. The molecule has 1 N–H and O–H groups in total. The highest BCUT2D eigenvalue weighted by Gasteiger charge is 2.26. The molecule has 0 radical (unpaired) electrons. The van der Waals surface area contributed by atoms with Gasteiger partial charge in [0.2, 0.25) is 5.95 Å². The molecule has 6 nitrogen and oxygen atoms in total. The molecule has 1 aliphatic carbocycles. The minimum Gasteiger partial charge on any atom is -0.366 e. The van der Waals surface area contributed by atoms with Crippen molar-refractivity contribution in [2.24, 2.45) is 0 Å². The summed E-state index contributed by atoms with van der Waals surface area (Å²) in [4.78, 5) is 25.3. The fourth-order valence-corrected chi connectivity index (χ4v) is 5.68. The Labute approximate surface area is 175 Å². The molecule has 0 saturated carbocycles. The Morgan fingerprint density at radius 1 is 1.21 bits per heavy atom. The van der Waals surface area contributed by atoms with Crippen LogP contribution in [0.3, 0.4) is 0 Å². The highest BCUT2D eigenvalue weighted by atomic mass is 32.1. The number of fused-ring (bicyclic) bond motifs is 3. The number of hydrogen-bond acceptors (Lipinski definition) is 5. The summed E-state index contributed by atoms with van der Waals surface area (Å²) < 4.78 is 1.94. The number of thiophene rings is 1. The maximum Gasteiger partial charge on any atom is 0.263 e. The Morgan fingerprint density at radius 3 is 2.68 bits per heavy atom. The number of nitrogens with one attached hydrogen (secondary N) is 1. The number of aromatic nitrogens is 2. The van der Waals surface area contributed by atoms with Crippen molar-refractivity contribution in [1.82, 2.24) is 19.8 Å². The van der Waals surface area contributed by atoms with E-state index in [9.17, 15) is 4.79 Å². The lowest BCUT2D eigenvalue weighted by atomic mass is 9.97. The molecule has 152 valence electrons. The van der Waals surface area contributed by atoms with Gasteiger partial charge in [-0.2, -0.15) is 0 Å². The Balaban J connectivity index is 1.73. The van der Waals surface area contributed by atoms with Gasteiger partial charge in [0.1, 0.15) is 4.83 Å². The third-order valence-electron chi connectivity index (χ3n) is 5.85. The predicted molar refractivity (Wildman–Crippen MR) is 121 cm³/mol. The lowest BCUT2D eigenvalue weighted by Gasteiger charge is -2.37. The first-order chi connectivity index (χ1) is 13.6. The second-order valence-electron chi connectivity index (χ2n) is 7.64. The molecule has 0 atom stereocenters. The van der Waals surface area contributed by atoms with E-state index in [1.807, 2.05) is 11.6 Å². The van der Waals surface area contributed by atoms with Crippen LogP contribution in [-0.4, -0.2) is 52.8 Å². The van der Waals surface area contributed by atoms with E-state index in [0.717, 1.165) is 79.7 Å². The molecular formula is C20H29N5OS2. The second-order valence-corrected chi connectivity index (χ2v) is 9.11. The summed E-state index contributed by atoms with van der Waals surface area (Å²) in [6, 6.07) is 0. The van der Waals surface area contributed by atoms with Crippen LogP contribution >= 0.6 is 23.6 Å². The Kier molecular flexibility index (Phi) is 5.87. The summed E-state index contributed by atoms with van der Waals surface area (Å²) >= 11 is 7.12. The topological polar surface area (TPSA) is 53.4 Å². The fourth-order valence-electron chi connectivity index (χ4n) is 4.25. The number of piperazine rings is 1. The Morgan fingerprint density at radius 2 is 1.96 bits per heavy atom. The molecule has 0 unspecified atom stereocenters. The Bertz CT molecular complexity index is 927. The van der Waals surface area contributed by atoms with E-state index in [4.69, 9.17) is 17.2 Å². The standard InChI is InChI=1S/C20H29N5OS2/c1-3-4-9-25-18(26)16-14-7-5-6-8-15(14)28-17(16)22-19(25)23-10-12-24(13-11-23)20(27)21-2/h3-13H2,1-2H3,(H,21,27). The summed E-state index contributed by atoms with van der Waals surface area (Å²) in [5.74, 6) is 0.847. The average Bonchev–Trinajstić information content (AvgIpc) is 3.11. The van der Waals surface area contributed by atoms with Gasteiger partial charge >= 0.3 is 0 Å². The van der Waals surface area contributed by atoms with Crippen molar-refractivity contribution in [2.75, 3.05) is 38.1 Å². The number of rotatable bonds is 4. The maximum absolute atomic E-state index is 13.5. The minimum absolute atomic E-state index is 0.168. The van der Waals surface area contributed by atoms with E-state index in [2.05, 4.69) is 22.0 Å². The van der Waals surface area contributed by atoms with Crippen molar-refractivity contribution in [3.05, 3.63) is 20.8 Å². The van der Waals surface area contributed by atoms with Crippen LogP contribution in [0.4, 0.5) is 5.95 Å². The average molecular weight is 420 g/mol. The van der Waals surface area contributed by atoms with E-state index in [1.165, 1.54) is 23.3 Å². The summed E-state index contributed by atoms with van der Waals surface area (Å²) in [6.45, 7) is 6.27. The molecule has 0 spiro atoms. The van der Waals surface area contributed by atoms with Gasteiger partial charge in [0.25, 0.3) is 5.56 Å². The number of hydrogen-bond donors (Lipinski definition) is 1. The van der Waals surface area contributed by atoms with Gasteiger partial charge in [0.15, 0.2) is 5.11 Å². The quantitative estimate of drug-likeness (QED) is 0.769. The van der Waals surface area contributed by atoms with Crippen molar-refractivity contribution in [2.45, 2.75) is 52.0 Å². The first kappa shape index (κ1) is 19.6. The van der Waals surface area contributed by atoms with Crippen LogP contribution < -0.4 is 15.8 Å². The molecule has 1 saturated heterocycles. The summed E-state index contributed by atoms with van der Waals surface area (Å²) in [6.07, 6.45) is 6.60. The van der Waals surface area contributed by atoms with Crippen LogP contribution in [0.15, 0.2) is 4.79 Å². The fraction of sp³-hybridized carbons (Fsp3) is 0.650. The largest absolute Gasteiger partial charge is 0.366 e. The van der Waals surface area contributed by atoms with Crippen molar-refractivity contribution >= 4 is 44.8 Å². The molecule has 2 aliphatic rings. The zero-order valence-corrected chi connectivity index (χ0v) is 18.4. The lowest BCUT2D eigenvalue weighted by Crippen LogP contribution is -2.52. The smallest absolute Gasteiger partial charge is 0.263 e. The third-order valence-corrected chi connectivity index (χ3v) is 7.50. The van der Waals surface area contributed by atoms with Gasteiger partial charge in [0.05, 0.1) is 5.39 Å². The van der Waals surface area contributed by atoms with Gasteiger partial charge in [-0.25, -0.2) is 4.98 Å². The number of aryl methyl sites for hydroxylation is 2. The highest BCUT2D eigenvalue weighted by molar-refractivity contribution is 7.80. The molecule has 4 rings (SSSR count). The molecule has 2 aromatic rings. The first-order valence-electron chi connectivity index (χ1n) is 10.4. The second kappa shape index (κ2) is 8.37. The van der Waals surface area contributed by atoms with Crippen LogP contribution in [0.25, 0.3) is 10.2 Å². The molecule has 1 aliphatic heterocycles. The van der Waals surface area contributed by atoms with Gasteiger partial charge in [-0.3, -0.25) is 9.36 Å². The SMILES string of the molecule is CCCCn1c(N2CCN(C(=S)NC)CC2)nc2sc3c(c2c1=O)CCCC3. The lowest BCUT2D eigenvalue weighted by molar-refractivity contribution is 0.377. The molecular weight excluding hydrogens is 390 g/mol. The molecule has 0 aromatic carbocycles. The van der Waals surface area contributed by atoms with E-state index in [-0.39, 0.29) is 5.56 Å². The predicted octanol–water partition coefficient (Wildman–Crippen LogP) is 2.76. The van der Waals surface area contributed by atoms with Gasteiger partial charge in [-0.15, -0.1) is 11.3 Å². The molecule has 1 fully saturated rings. The maximum atomic E-state index is 13.5.